The Hall–Kier alpha value is -1.26. The first-order valence-corrected chi connectivity index (χ1v) is 5.74. The summed E-state index contributed by atoms with van der Waals surface area (Å²) < 4.78 is 9.97. The Kier molecular flexibility index (Phi) is 5.80. The van der Waals surface area contributed by atoms with Crippen LogP contribution in [0.15, 0.2) is 18.2 Å². The van der Waals surface area contributed by atoms with Crippen LogP contribution >= 0.6 is 11.6 Å². The number of nitrogen functional groups attached to an aromatic ring is 1. The molecule has 0 saturated carbocycles. The smallest absolute Gasteiger partial charge is 0.338 e. The van der Waals surface area contributed by atoms with Crippen LogP contribution in [0.2, 0.25) is 5.02 Å². The Morgan fingerprint density at radius 2 is 2.06 bits per heavy atom. The van der Waals surface area contributed by atoms with Gasteiger partial charge in [-0.3, -0.25) is 0 Å². The molecule has 0 aliphatic carbocycles. The van der Waals surface area contributed by atoms with E-state index in [0.717, 1.165) is 12.8 Å². The number of halogens is 1. The molecule has 1 aromatic rings. The number of unbranched alkanes of at least 4 members (excludes halogenated alkanes) is 1. The van der Waals surface area contributed by atoms with E-state index >= 15 is 0 Å². The minimum atomic E-state index is -0.385. The van der Waals surface area contributed by atoms with Gasteiger partial charge in [-0.05, 0) is 31.0 Å². The summed E-state index contributed by atoms with van der Waals surface area (Å²) in [7, 11) is 1.64. The van der Waals surface area contributed by atoms with E-state index in [2.05, 4.69) is 0 Å². The maximum atomic E-state index is 11.6. The van der Waals surface area contributed by atoms with Gasteiger partial charge in [0.05, 0.1) is 22.9 Å². The van der Waals surface area contributed by atoms with E-state index in [4.69, 9.17) is 26.8 Å². The third kappa shape index (κ3) is 4.63. The molecule has 17 heavy (non-hydrogen) atoms. The maximum absolute atomic E-state index is 11.6. The molecule has 0 aliphatic heterocycles. The standard InChI is InChI=1S/C12H16ClNO3/c1-16-6-2-3-7-17-12(15)9-4-5-11(14)10(13)8-9/h4-5,8H,2-3,6-7,14H2,1H3. The van der Waals surface area contributed by atoms with Gasteiger partial charge in [-0.25, -0.2) is 4.79 Å². The van der Waals surface area contributed by atoms with Crippen molar-refractivity contribution < 1.29 is 14.3 Å². The Morgan fingerprint density at radius 1 is 1.35 bits per heavy atom. The largest absolute Gasteiger partial charge is 0.462 e. The number of esters is 1. The molecule has 1 rings (SSSR count). The second-order valence-corrected chi connectivity index (χ2v) is 3.98. The third-order valence-corrected chi connectivity index (χ3v) is 2.54. The molecule has 0 fully saturated rings. The highest BCUT2D eigenvalue weighted by atomic mass is 35.5. The normalized spacial score (nSPS) is 10.2. The fraction of sp³-hybridized carbons (Fsp3) is 0.417. The molecule has 0 unspecified atom stereocenters. The van der Waals surface area contributed by atoms with Crippen LogP contribution in [0.5, 0.6) is 0 Å². The first kappa shape index (κ1) is 13.8. The summed E-state index contributed by atoms with van der Waals surface area (Å²) in [6.07, 6.45) is 1.65. The van der Waals surface area contributed by atoms with Crippen molar-refractivity contribution in [2.24, 2.45) is 0 Å². The Morgan fingerprint density at radius 3 is 2.71 bits per heavy atom. The average Bonchev–Trinajstić information content (AvgIpc) is 2.32. The highest BCUT2D eigenvalue weighted by Crippen LogP contribution is 2.20. The second-order valence-electron chi connectivity index (χ2n) is 3.57. The van der Waals surface area contributed by atoms with E-state index in [1.54, 1.807) is 19.2 Å². The summed E-state index contributed by atoms with van der Waals surface area (Å²) in [5.41, 5.74) is 6.41. The zero-order valence-corrected chi connectivity index (χ0v) is 10.5. The predicted octanol–water partition coefficient (Wildman–Crippen LogP) is 2.51. The molecule has 5 heteroatoms. The highest BCUT2D eigenvalue weighted by Gasteiger charge is 2.08. The SMILES string of the molecule is COCCCCOC(=O)c1ccc(N)c(Cl)c1. The molecule has 4 nitrogen and oxygen atoms in total. The lowest BCUT2D eigenvalue weighted by Gasteiger charge is -2.05. The van der Waals surface area contributed by atoms with E-state index in [9.17, 15) is 4.79 Å². The molecule has 0 radical (unpaired) electrons. The van der Waals surface area contributed by atoms with Gasteiger partial charge in [0.1, 0.15) is 0 Å². The number of carbonyl (C=O) groups is 1. The molecule has 0 aliphatic rings. The lowest BCUT2D eigenvalue weighted by atomic mass is 10.2. The topological polar surface area (TPSA) is 61.5 Å². The van der Waals surface area contributed by atoms with Gasteiger partial charge < -0.3 is 15.2 Å². The van der Waals surface area contributed by atoms with E-state index in [-0.39, 0.29) is 5.97 Å². The fourth-order valence-electron chi connectivity index (χ4n) is 1.25. The van der Waals surface area contributed by atoms with Gasteiger partial charge in [-0.1, -0.05) is 11.6 Å². The fourth-order valence-corrected chi connectivity index (χ4v) is 1.43. The summed E-state index contributed by atoms with van der Waals surface area (Å²) in [6, 6.07) is 4.69. The molecule has 0 heterocycles. The number of ether oxygens (including phenoxy) is 2. The number of anilines is 1. The number of hydrogen-bond donors (Lipinski definition) is 1. The lowest BCUT2D eigenvalue weighted by molar-refractivity contribution is 0.0489. The van der Waals surface area contributed by atoms with Gasteiger partial charge in [0.2, 0.25) is 0 Å². The van der Waals surface area contributed by atoms with Crippen LogP contribution in [0.1, 0.15) is 23.2 Å². The molecule has 2 N–H and O–H groups in total. The summed E-state index contributed by atoms with van der Waals surface area (Å²) >= 11 is 5.81. The van der Waals surface area contributed by atoms with Gasteiger partial charge in [0, 0.05) is 13.7 Å². The summed E-state index contributed by atoms with van der Waals surface area (Å²) in [5, 5.41) is 0.360. The van der Waals surface area contributed by atoms with Gasteiger partial charge >= 0.3 is 5.97 Å². The number of benzene rings is 1. The van der Waals surface area contributed by atoms with E-state index in [1.807, 2.05) is 0 Å². The van der Waals surface area contributed by atoms with Crippen molar-refractivity contribution in [1.82, 2.24) is 0 Å². The molecule has 1 aromatic carbocycles. The molecule has 94 valence electrons. The minimum absolute atomic E-state index is 0.360. The zero-order valence-electron chi connectivity index (χ0n) is 9.74. The van der Waals surface area contributed by atoms with Crippen LogP contribution in [0.25, 0.3) is 0 Å². The first-order valence-electron chi connectivity index (χ1n) is 5.36. The van der Waals surface area contributed by atoms with Crippen LogP contribution in [0.3, 0.4) is 0 Å². The Labute approximate surface area is 106 Å². The average molecular weight is 258 g/mol. The monoisotopic (exact) mass is 257 g/mol. The number of carbonyl (C=O) groups excluding carboxylic acids is 1. The van der Waals surface area contributed by atoms with Gasteiger partial charge in [0.25, 0.3) is 0 Å². The van der Waals surface area contributed by atoms with E-state index < -0.39 is 0 Å². The maximum Gasteiger partial charge on any atom is 0.338 e. The van der Waals surface area contributed by atoms with Crippen LogP contribution in [0.4, 0.5) is 5.69 Å². The molecular formula is C12H16ClNO3. The van der Waals surface area contributed by atoms with E-state index in [1.165, 1.54) is 6.07 Å². The van der Waals surface area contributed by atoms with Gasteiger partial charge in [-0.15, -0.1) is 0 Å². The van der Waals surface area contributed by atoms with Crippen molar-refractivity contribution in [2.75, 3.05) is 26.1 Å². The Bertz CT molecular complexity index is 382. The molecule has 0 aromatic heterocycles. The molecule has 0 amide bonds. The summed E-state index contributed by atoms with van der Waals surface area (Å²) in [6.45, 7) is 1.05. The van der Waals surface area contributed by atoms with Crippen LogP contribution in [-0.2, 0) is 9.47 Å². The third-order valence-electron chi connectivity index (χ3n) is 2.21. The van der Waals surface area contributed by atoms with Crippen molar-refractivity contribution in [3.8, 4) is 0 Å². The second kappa shape index (κ2) is 7.14. The molecule has 0 saturated heterocycles. The number of nitrogens with two attached hydrogens (primary N) is 1. The highest BCUT2D eigenvalue weighted by molar-refractivity contribution is 6.33. The predicted molar refractivity (Wildman–Crippen MR) is 67.3 cm³/mol. The number of methoxy groups -OCH3 is 1. The lowest BCUT2D eigenvalue weighted by Crippen LogP contribution is -2.07. The van der Waals surface area contributed by atoms with Crippen molar-refractivity contribution in [2.45, 2.75) is 12.8 Å². The molecular weight excluding hydrogens is 242 g/mol. The molecule has 0 atom stereocenters. The summed E-state index contributed by atoms with van der Waals surface area (Å²) in [4.78, 5) is 11.6. The van der Waals surface area contributed by atoms with Crippen LogP contribution in [-0.4, -0.2) is 26.3 Å². The first-order chi connectivity index (χ1) is 8.15. The van der Waals surface area contributed by atoms with Crippen LogP contribution < -0.4 is 5.73 Å². The van der Waals surface area contributed by atoms with E-state index in [0.29, 0.717) is 29.5 Å². The number of rotatable bonds is 6. The Balaban J connectivity index is 2.39. The number of hydrogen-bond acceptors (Lipinski definition) is 4. The van der Waals surface area contributed by atoms with Gasteiger partial charge in [0.15, 0.2) is 0 Å². The van der Waals surface area contributed by atoms with Gasteiger partial charge in [-0.2, -0.15) is 0 Å². The molecule has 0 bridgehead atoms. The zero-order chi connectivity index (χ0) is 12.7. The van der Waals surface area contributed by atoms with Crippen molar-refractivity contribution in [3.05, 3.63) is 28.8 Å². The van der Waals surface area contributed by atoms with Crippen molar-refractivity contribution in [1.29, 1.82) is 0 Å². The van der Waals surface area contributed by atoms with Crippen LogP contribution in [0, 0.1) is 0 Å². The van der Waals surface area contributed by atoms with Crippen molar-refractivity contribution >= 4 is 23.3 Å². The minimum Gasteiger partial charge on any atom is -0.462 e. The molecule has 0 spiro atoms. The quantitative estimate of drug-likeness (QED) is 0.483. The summed E-state index contributed by atoms with van der Waals surface area (Å²) in [5.74, 6) is -0.385. The van der Waals surface area contributed by atoms with Crippen molar-refractivity contribution in [3.63, 3.8) is 0 Å².